The van der Waals surface area contributed by atoms with Gasteiger partial charge in [0.2, 0.25) is 0 Å². The van der Waals surface area contributed by atoms with Crippen LogP contribution in [0.3, 0.4) is 0 Å². The number of rotatable bonds is 7. The van der Waals surface area contributed by atoms with Gasteiger partial charge < -0.3 is 10.1 Å². The highest BCUT2D eigenvalue weighted by Gasteiger charge is 2.11. The molecule has 1 unspecified atom stereocenters. The molecule has 166 valence electrons. The van der Waals surface area contributed by atoms with Crippen LogP contribution >= 0.6 is 11.3 Å². The number of benzene rings is 2. The largest absolute Gasteiger partial charge is 0.487 e. The van der Waals surface area contributed by atoms with Gasteiger partial charge in [-0.15, -0.1) is 11.3 Å². The first-order valence-electron chi connectivity index (χ1n) is 10.7. The van der Waals surface area contributed by atoms with Crippen LogP contribution in [0.4, 0.5) is 5.82 Å². The molecule has 2 aromatic carbocycles. The first-order chi connectivity index (χ1) is 16.0. The summed E-state index contributed by atoms with van der Waals surface area (Å²) in [5.41, 5.74) is 6.82. The van der Waals surface area contributed by atoms with Crippen LogP contribution in [0.15, 0.2) is 66.3 Å². The van der Waals surface area contributed by atoms with Gasteiger partial charge in [-0.3, -0.25) is 4.68 Å². The number of fused-ring (bicyclic) bond motifs is 1. The quantitative estimate of drug-likeness (QED) is 0.346. The van der Waals surface area contributed by atoms with E-state index in [1.165, 1.54) is 0 Å². The summed E-state index contributed by atoms with van der Waals surface area (Å²) in [6, 6.07) is 18.3. The summed E-state index contributed by atoms with van der Waals surface area (Å²) in [5.74, 6) is 2.32. The van der Waals surface area contributed by atoms with Gasteiger partial charge in [-0.1, -0.05) is 18.2 Å². The zero-order valence-corrected chi connectivity index (χ0v) is 19.5. The molecule has 1 N–H and O–H groups in total. The number of ether oxygens (including phenoxy) is 1. The van der Waals surface area contributed by atoms with Crippen molar-refractivity contribution in [1.82, 2.24) is 24.7 Å². The van der Waals surface area contributed by atoms with E-state index in [1.807, 2.05) is 62.1 Å². The lowest BCUT2D eigenvalue weighted by atomic mass is 10.1. The Balaban J connectivity index is 1.32. The van der Waals surface area contributed by atoms with Gasteiger partial charge in [0, 0.05) is 24.9 Å². The number of anilines is 1. The van der Waals surface area contributed by atoms with Crippen molar-refractivity contribution in [3.05, 3.63) is 83.4 Å². The maximum absolute atomic E-state index is 5.94. The van der Waals surface area contributed by atoms with Gasteiger partial charge in [0.05, 0.1) is 33.2 Å². The lowest BCUT2D eigenvalue weighted by molar-refractivity contribution is 0.299. The number of hydrogen-bond acceptors (Lipinski definition) is 7. The molecular formula is C25H24N6OS. The summed E-state index contributed by atoms with van der Waals surface area (Å²) in [6.07, 6.45) is 1.91. The molecule has 0 aliphatic carbocycles. The number of nitrogens with zero attached hydrogens (tertiary/aromatic N) is 5. The minimum atomic E-state index is 0.0366. The first-order valence-corrected chi connectivity index (χ1v) is 11.6. The van der Waals surface area contributed by atoms with Crippen molar-refractivity contribution < 1.29 is 4.74 Å². The average molecular weight is 457 g/mol. The predicted molar refractivity (Wildman–Crippen MR) is 131 cm³/mol. The van der Waals surface area contributed by atoms with Crippen LogP contribution < -0.4 is 10.1 Å². The van der Waals surface area contributed by atoms with Crippen molar-refractivity contribution in [2.24, 2.45) is 7.05 Å². The minimum absolute atomic E-state index is 0.0366. The summed E-state index contributed by atoms with van der Waals surface area (Å²) in [6.45, 7) is 4.46. The van der Waals surface area contributed by atoms with E-state index in [-0.39, 0.29) is 6.04 Å². The number of thiazole rings is 1. The lowest BCUT2D eigenvalue weighted by Gasteiger charge is -2.17. The molecule has 0 aliphatic rings. The first kappa shape index (κ1) is 21.1. The molecule has 0 spiro atoms. The van der Waals surface area contributed by atoms with E-state index in [1.54, 1.807) is 16.0 Å². The summed E-state index contributed by atoms with van der Waals surface area (Å²) >= 11 is 1.63. The molecule has 0 bridgehead atoms. The summed E-state index contributed by atoms with van der Waals surface area (Å²) in [7, 11) is 1.90. The van der Waals surface area contributed by atoms with Gasteiger partial charge in [-0.05, 0) is 49.7 Å². The highest BCUT2D eigenvalue weighted by Crippen LogP contribution is 2.28. The standard InChI is InChI=1S/C25H24N6OS/c1-16(18-5-4-6-21(11-18)32-14-20-9-10-31(3)30-20)27-25-13-23(28-17(2)29-25)19-7-8-22-24(12-19)33-15-26-22/h4-13,15-16H,14H2,1-3H3,(H,27,28,29). The second-order valence-electron chi connectivity index (χ2n) is 7.93. The fraction of sp³-hybridized carbons (Fsp3) is 0.200. The van der Waals surface area contributed by atoms with Crippen molar-refractivity contribution in [1.29, 1.82) is 0 Å². The topological polar surface area (TPSA) is 77.8 Å². The number of nitrogens with one attached hydrogen (secondary N) is 1. The van der Waals surface area contributed by atoms with Gasteiger partial charge in [0.15, 0.2) is 0 Å². The van der Waals surface area contributed by atoms with Crippen molar-refractivity contribution >= 4 is 27.4 Å². The van der Waals surface area contributed by atoms with Crippen molar-refractivity contribution in [3.63, 3.8) is 0 Å². The van der Waals surface area contributed by atoms with E-state index in [2.05, 4.69) is 50.5 Å². The number of hydrogen-bond donors (Lipinski definition) is 1. The lowest BCUT2D eigenvalue weighted by Crippen LogP contribution is -2.09. The number of aryl methyl sites for hydroxylation is 2. The normalized spacial score (nSPS) is 12.1. The molecule has 0 amide bonds. The Kier molecular flexibility index (Phi) is 5.75. The Labute approximate surface area is 196 Å². The highest BCUT2D eigenvalue weighted by molar-refractivity contribution is 7.16. The Hall–Kier alpha value is -3.78. The SMILES string of the molecule is Cc1nc(NC(C)c2cccc(OCc3ccn(C)n3)c2)cc(-c2ccc3ncsc3c2)n1. The molecule has 1 atom stereocenters. The highest BCUT2D eigenvalue weighted by atomic mass is 32.1. The second-order valence-corrected chi connectivity index (χ2v) is 8.81. The van der Waals surface area contributed by atoms with Crippen LogP contribution in [0.1, 0.15) is 30.0 Å². The van der Waals surface area contributed by atoms with Crippen LogP contribution in [0.2, 0.25) is 0 Å². The summed E-state index contributed by atoms with van der Waals surface area (Å²) in [4.78, 5) is 13.6. The molecule has 3 heterocycles. The van der Waals surface area contributed by atoms with Gasteiger partial charge in [-0.2, -0.15) is 5.10 Å². The Bertz CT molecular complexity index is 1410. The van der Waals surface area contributed by atoms with Crippen LogP contribution in [0.25, 0.3) is 21.5 Å². The molecule has 7 nitrogen and oxygen atoms in total. The fourth-order valence-corrected chi connectivity index (χ4v) is 4.40. The molecule has 5 aromatic rings. The third-order valence-corrected chi connectivity index (χ3v) is 6.13. The summed E-state index contributed by atoms with van der Waals surface area (Å²) in [5, 5.41) is 7.87. The van der Waals surface area contributed by atoms with E-state index in [9.17, 15) is 0 Å². The zero-order chi connectivity index (χ0) is 22.8. The van der Waals surface area contributed by atoms with Gasteiger partial charge in [0.25, 0.3) is 0 Å². The number of aromatic nitrogens is 5. The minimum Gasteiger partial charge on any atom is -0.487 e. The maximum Gasteiger partial charge on any atom is 0.132 e. The molecule has 0 fully saturated rings. The molecule has 0 aliphatic heterocycles. The van der Waals surface area contributed by atoms with Gasteiger partial charge in [0.1, 0.15) is 24.0 Å². The van der Waals surface area contributed by atoms with Crippen LogP contribution in [0, 0.1) is 6.92 Å². The Morgan fingerprint density at radius 1 is 1.09 bits per heavy atom. The predicted octanol–water partition coefficient (Wildman–Crippen LogP) is 5.55. The van der Waals surface area contributed by atoms with Crippen molar-refractivity contribution in [2.45, 2.75) is 26.5 Å². The maximum atomic E-state index is 5.94. The molecule has 5 rings (SSSR count). The van der Waals surface area contributed by atoms with E-state index in [0.717, 1.165) is 50.1 Å². The third kappa shape index (κ3) is 4.85. The van der Waals surface area contributed by atoms with E-state index >= 15 is 0 Å². The zero-order valence-electron chi connectivity index (χ0n) is 18.7. The fourth-order valence-electron chi connectivity index (χ4n) is 3.68. The second kappa shape index (κ2) is 8.99. The van der Waals surface area contributed by atoms with Gasteiger partial charge in [-0.25, -0.2) is 15.0 Å². The monoisotopic (exact) mass is 456 g/mol. The van der Waals surface area contributed by atoms with Crippen molar-refractivity contribution in [3.8, 4) is 17.0 Å². The van der Waals surface area contributed by atoms with Crippen LogP contribution in [0.5, 0.6) is 5.75 Å². The Morgan fingerprint density at radius 2 is 2.00 bits per heavy atom. The average Bonchev–Trinajstić information content (AvgIpc) is 3.45. The molecule has 8 heteroatoms. The van der Waals surface area contributed by atoms with Crippen LogP contribution in [-0.2, 0) is 13.7 Å². The molecule has 0 saturated carbocycles. The molecule has 0 radical (unpaired) electrons. The third-order valence-electron chi connectivity index (χ3n) is 5.34. The van der Waals surface area contributed by atoms with E-state index in [0.29, 0.717) is 6.61 Å². The molecular weight excluding hydrogens is 432 g/mol. The molecule has 3 aromatic heterocycles. The van der Waals surface area contributed by atoms with E-state index < -0.39 is 0 Å². The van der Waals surface area contributed by atoms with Crippen molar-refractivity contribution in [2.75, 3.05) is 5.32 Å². The summed E-state index contributed by atoms with van der Waals surface area (Å²) < 4.78 is 8.86. The van der Waals surface area contributed by atoms with Gasteiger partial charge >= 0.3 is 0 Å². The van der Waals surface area contributed by atoms with Crippen LogP contribution in [-0.4, -0.2) is 24.7 Å². The van der Waals surface area contributed by atoms with E-state index in [4.69, 9.17) is 4.74 Å². The molecule has 33 heavy (non-hydrogen) atoms. The Morgan fingerprint density at radius 3 is 2.85 bits per heavy atom. The smallest absolute Gasteiger partial charge is 0.132 e. The molecule has 0 saturated heterocycles.